The molecule has 0 bridgehead atoms. The largest absolute Gasteiger partial charge is 0.493 e. The zero-order chi connectivity index (χ0) is 32.4. The first-order valence-electron chi connectivity index (χ1n) is 15.1. The summed E-state index contributed by atoms with van der Waals surface area (Å²) in [5.74, 6) is 1.20. The lowest BCUT2D eigenvalue weighted by Gasteiger charge is -2.26. The van der Waals surface area contributed by atoms with E-state index >= 15 is 0 Å². The van der Waals surface area contributed by atoms with Gasteiger partial charge >= 0.3 is 0 Å². The number of thiophene rings is 1. The number of aromatic nitrogens is 2. The van der Waals surface area contributed by atoms with Crippen molar-refractivity contribution in [3.8, 4) is 55.5 Å². The molecule has 6 rings (SSSR count). The number of anilines is 1. The summed E-state index contributed by atoms with van der Waals surface area (Å²) >= 11 is 1.52. The predicted octanol–water partition coefficient (Wildman–Crippen LogP) is 6.41. The van der Waals surface area contributed by atoms with Crippen molar-refractivity contribution in [1.29, 1.82) is 0 Å². The minimum Gasteiger partial charge on any atom is -0.493 e. The number of nitrogen functional groups attached to an aromatic ring is 1. The summed E-state index contributed by atoms with van der Waals surface area (Å²) in [7, 11) is 3.19. The number of hydrogen-bond acceptors (Lipinski definition) is 8. The highest BCUT2D eigenvalue weighted by Crippen LogP contribution is 2.36. The van der Waals surface area contributed by atoms with Gasteiger partial charge in [0.2, 0.25) is 5.43 Å². The number of carbonyl (C=O) groups is 1. The molecule has 1 fully saturated rings. The third-order valence-electron chi connectivity index (χ3n) is 8.43. The lowest BCUT2D eigenvalue weighted by atomic mass is 9.95. The highest BCUT2D eigenvalue weighted by atomic mass is 32.1. The molecule has 1 aliphatic rings. The molecule has 236 valence electrons. The Morgan fingerprint density at radius 2 is 1.63 bits per heavy atom. The number of primary amides is 1. The first-order chi connectivity index (χ1) is 22.3. The van der Waals surface area contributed by atoms with Crippen molar-refractivity contribution in [2.24, 2.45) is 11.7 Å². The summed E-state index contributed by atoms with van der Waals surface area (Å²) in [6, 6.07) is 19.2. The zero-order valence-corrected chi connectivity index (χ0v) is 26.9. The Balaban J connectivity index is 1.44. The van der Waals surface area contributed by atoms with Crippen molar-refractivity contribution >= 4 is 23.1 Å². The fraction of sp³-hybridized carbons (Fsp3) is 0.250. The Morgan fingerprint density at radius 1 is 0.935 bits per heavy atom. The second kappa shape index (κ2) is 13.2. The van der Waals surface area contributed by atoms with Crippen LogP contribution >= 0.6 is 11.3 Å². The number of methoxy groups -OCH3 is 2. The average Bonchev–Trinajstić information content (AvgIpc) is 3.51. The number of aryl methyl sites for hydroxylation is 1. The first kappa shape index (κ1) is 31.1. The van der Waals surface area contributed by atoms with E-state index in [4.69, 9.17) is 25.7 Å². The highest BCUT2D eigenvalue weighted by Gasteiger charge is 2.25. The van der Waals surface area contributed by atoms with Crippen LogP contribution in [0.25, 0.3) is 44.0 Å². The molecule has 5 aromatic rings. The van der Waals surface area contributed by atoms with Crippen LogP contribution in [0.5, 0.6) is 11.5 Å². The molecular formula is C36H36N4O5S. The molecule has 0 radical (unpaired) electrons. The van der Waals surface area contributed by atoms with E-state index in [-0.39, 0.29) is 11.0 Å². The maximum absolute atomic E-state index is 13.9. The minimum absolute atomic E-state index is 0.0139. The first-order valence-corrected chi connectivity index (χ1v) is 15.9. The third kappa shape index (κ3) is 6.14. The fourth-order valence-electron chi connectivity index (χ4n) is 6.00. The van der Waals surface area contributed by atoms with Crippen LogP contribution in [-0.2, 0) is 11.3 Å². The zero-order valence-electron chi connectivity index (χ0n) is 26.0. The number of amides is 1. The van der Waals surface area contributed by atoms with Crippen molar-refractivity contribution in [3.05, 3.63) is 93.7 Å². The molecule has 1 aliphatic heterocycles. The number of ether oxygens (including phenoxy) is 3. The predicted molar refractivity (Wildman–Crippen MR) is 182 cm³/mol. The Hall–Kier alpha value is -4.93. The minimum atomic E-state index is -0.754. The van der Waals surface area contributed by atoms with Gasteiger partial charge in [0.1, 0.15) is 11.4 Å². The summed E-state index contributed by atoms with van der Waals surface area (Å²) in [6.45, 7) is 3.99. The number of rotatable bonds is 9. The average molecular weight is 637 g/mol. The van der Waals surface area contributed by atoms with Gasteiger partial charge in [-0.05, 0) is 72.7 Å². The van der Waals surface area contributed by atoms with Crippen molar-refractivity contribution in [3.63, 3.8) is 0 Å². The van der Waals surface area contributed by atoms with E-state index in [0.717, 1.165) is 44.8 Å². The number of hydrogen-bond donors (Lipinski definition) is 2. The monoisotopic (exact) mass is 636 g/mol. The van der Waals surface area contributed by atoms with E-state index < -0.39 is 5.91 Å². The van der Waals surface area contributed by atoms with Crippen molar-refractivity contribution in [2.75, 3.05) is 33.2 Å². The molecule has 1 saturated heterocycles. The van der Waals surface area contributed by atoms with Crippen molar-refractivity contribution < 1.29 is 19.0 Å². The van der Waals surface area contributed by atoms with E-state index in [1.54, 1.807) is 20.4 Å². The van der Waals surface area contributed by atoms with Crippen LogP contribution in [0.15, 0.2) is 77.9 Å². The summed E-state index contributed by atoms with van der Waals surface area (Å²) in [6.07, 6.45) is 5.39. The van der Waals surface area contributed by atoms with Gasteiger partial charge in [-0.25, -0.2) is 4.98 Å². The Bertz CT molecular complexity index is 1960. The maximum atomic E-state index is 13.9. The molecule has 0 spiro atoms. The highest BCUT2D eigenvalue weighted by molar-refractivity contribution is 7.15. The molecule has 4 heterocycles. The van der Waals surface area contributed by atoms with Crippen molar-refractivity contribution in [1.82, 2.24) is 9.55 Å². The standard InChI is InChI=1S/C36H36N4O5S/c1-21-4-11-31(46-21)28-20-40(19-22-12-14-45-15-13-22)33(32(34(28)41)36(38)42)24-7-5-23(6-8-24)27-16-26(18-39-35(27)37)25-9-10-29(43-2)30(17-25)44-3/h4-11,16-18,20,22H,12-15,19H2,1-3H3,(H2,37,39)(H2,38,42). The van der Waals surface area contributed by atoms with Gasteiger partial charge in [0.05, 0.1) is 25.5 Å². The van der Waals surface area contributed by atoms with Gasteiger partial charge in [-0.15, -0.1) is 11.3 Å². The van der Waals surface area contributed by atoms with Crippen LogP contribution in [0.2, 0.25) is 0 Å². The molecule has 0 unspecified atom stereocenters. The molecule has 2 aromatic carbocycles. The number of benzene rings is 2. The summed E-state index contributed by atoms with van der Waals surface area (Å²) < 4.78 is 18.5. The summed E-state index contributed by atoms with van der Waals surface area (Å²) in [5.41, 5.74) is 17.0. The maximum Gasteiger partial charge on any atom is 0.254 e. The van der Waals surface area contributed by atoms with Gasteiger partial charge < -0.3 is 30.2 Å². The molecule has 10 heteroatoms. The molecule has 4 N–H and O–H groups in total. The molecule has 0 saturated carbocycles. The summed E-state index contributed by atoms with van der Waals surface area (Å²) in [5, 5.41) is 0. The second-order valence-corrected chi connectivity index (χ2v) is 12.7. The van der Waals surface area contributed by atoms with Gasteiger partial charge in [-0.1, -0.05) is 30.3 Å². The molecule has 1 amide bonds. The molecule has 46 heavy (non-hydrogen) atoms. The van der Waals surface area contributed by atoms with E-state index in [1.807, 2.05) is 78.4 Å². The van der Waals surface area contributed by atoms with Crippen LogP contribution in [0, 0.1) is 12.8 Å². The molecule has 9 nitrogen and oxygen atoms in total. The van der Waals surface area contributed by atoms with E-state index in [9.17, 15) is 9.59 Å². The van der Waals surface area contributed by atoms with Crippen LogP contribution in [0.3, 0.4) is 0 Å². The lowest BCUT2D eigenvalue weighted by molar-refractivity contribution is 0.0613. The quantitative estimate of drug-likeness (QED) is 0.191. The van der Waals surface area contributed by atoms with Gasteiger partial charge in [-0.2, -0.15) is 0 Å². The normalized spacial score (nSPS) is 13.5. The Morgan fingerprint density at radius 3 is 2.28 bits per heavy atom. The topological polar surface area (TPSA) is 132 Å². The van der Waals surface area contributed by atoms with Crippen LogP contribution in [0.1, 0.15) is 28.1 Å². The number of pyridine rings is 2. The molecular weight excluding hydrogens is 600 g/mol. The summed E-state index contributed by atoms with van der Waals surface area (Å²) in [4.78, 5) is 33.2. The Labute approximate surface area is 271 Å². The number of nitrogens with zero attached hydrogens (tertiary/aromatic N) is 2. The SMILES string of the molecule is COc1ccc(-c2cnc(N)c(-c3ccc(-c4c(C(N)=O)c(=O)c(-c5ccc(C)s5)cn4CC4CCOCC4)cc3)c2)cc1OC. The Kier molecular flexibility index (Phi) is 8.92. The van der Waals surface area contributed by atoms with E-state index in [2.05, 4.69) is 4.98 Å². The van der Waals surface area contributed by atoms with Crippen molar-refractivity contribution in [2.45, 2.75) is 26.3 Å². The number of carbonyl (C=O) groups excluding carboxylic acids is 1. The van der Waals surface area contributed by atoms with Gasteiger partial charge in [-0.3, -0.25) is 9.59 Å². The van der Waals surface area contributed by atoms with Crippen LogP contribution in [-0.4, -0.2) is 42.9 Å². The lowest BCUT2D eigenvalue weighted by Crippen LogP contribution is -2.29. The van der Waals surface area contributed by atoms with Gasteiger partial charge in [0.25, 0.3) is 5.91 Å². The van der Waals surface area contributed by atoms with Crippen LogP contribution in [0.4, 0.5) is 5.82 Å². The fourth-order valence-corrected chi connectivity index (χ4v) is 6.87. The van der Waals surface area contributed by atoms with E-state index in [0.29, 0.717) is 59.8 Å². The second-order valence-electron chi connectivity index (χ2n) is 11.4. The molecule has 0 aliphatic carbocycles. The van der Waals surface area contributed by atoms with Gasteiger partial charge in [0, 0.05) is 53.0 Å². The number of nitrogens with two attached hydrogens (primary N) is 2. The molecule has 3 aromatic heterocycles. The third-order valence-corrected chi connectivity index (χ3v) is 9.47. The van der Waals surface area contributed by atoms with Gasteiger partial charge in [0.15, 0.2) is 11.5 Å². The van der Waals surface area contributed by atoms with E-state index in [1.165, 1.54) is 11.3 Å². The smallest absolute Gasteiger partial charge is 0.254 e. The van der Waals surface area contributed by atoms with Crippen LogP contribution < -0.4 is 26.4 Å². The molecule has 0 atom stereocenters.